The van der Waals surface area contributed by atoms with Crippen LogP contribution in [0.25, 0.3) is 21.5 Å². The molecule has 0 fully saturated rings. The summed E-state index contributed by atoms with van der Waals surface area (Å²) in [5.74, 6) is -0.363. The SMILES string of the molecule is Nc1ccc2ccccc2c1S(=O)(=O)O.O=C(O)COc1cccc2ccccc12. The molecule has 4 aromatic rings. The zero-order valence-corrected chi connectivity index (χ0v) is 16.5. The number of fused-ring (bicyclic) bond motifs is 2. The standard InChI is InChI=1S/C12H10O3.C10H9NO3S/c13-12(14)8-15-11-7-3-5-9-4-1-2-6-10(9)11;11-9-6-5-7-3-1-2-4-8(7)10(9)15(12,13)14/h1-7H,8H2,(H,13,14);1-6H,11H2,(H,12,13,14). The second-order valence-electron chi connectivity index (χ2n) is 6.34. The molecule has 0 bridgehead atoms. The summed E-state index contributed by atoms with van der Waals surface area (Å²) < 4.78 is 36.5. The number of hydrogen-bond donors (Lipinski definition) is 3. The maximum absolute atomic E-state index is 11.1. The van der Waals surface area contributed by atoms with Crippen LogP contribution in [0.2, 0.25) is 0 Å². The molecule has 7 nitrogen and oxygen atoms in total. The monoisotopic (exact) mass is 425 g/mol. The van der Waals surface area contributed by atoms with Crippen LogP contribution in [-0.4, -0.2) is 30.7 Å². The van der Waals surface area contributed by atoms with Gasteiger partial charge < -0.3 is 15.6 Å². The number of rotatable bonds is 4. The molecule has 8 heteroatoms. The molecule has 0 saturated carbocycles. The zero-order valence-electron chi connectivity index (χ0n) is 15.7. The molecule has 4 N–H and O–H groups in total. The number of carboxylic acid groups (broad SMARTS) is 1. The third-order valence-electron chi connectivity index (χ3n) is 4.27. The third kappa shape index (κ3) is 4.86. The number of anilines is 1. The van der Waals surface area contributed by atoms with Crippen LogP contribution < -0.4 is 10.5 Å². The molecule has 30 heavy (non-hydrogen) atoms. The van der Waals surface area contributed by atoms with Crippen LogP contribution in [0.15, 0.2) is 83.8 Å². The first-order valence-electron chi connectivity index (χ1n) is 8.84. The average molecular weight is 425 g/mol. The number of hydrogen-bond acceptors (Lipinski definition) is 5. The summed E-state index contributed by atoms with van der Waals surface area (Å²) in [5.41, 5.74) is 5.59. The van der Waals surface area contributed by atoms with E-state index in [9.17, 15) is 13.2 Å². The molecule has 0 aliphatic heterocycles. The van der Waals surface area contributed by atoms with Crippen LogP contribution in [0, 0.1) is 0 Å². The van der Waals surface area contributed by atoms with E-state index in [0.717, 1.165) is 16.2 Å². The summed E-state index contributed by atoms with van der Waals surface area (Å²) in [6.45, 7) is -0.312. The van der Waals surface area contributed by atoms with Crippen LogP contribution in [0.5, 0.6) is 5.75 Å². The van der Waals surface area contributed by atoms with Crippen molar-refractivity contribution in [1.29, 1.82) is 0 Å². The van der Waals surface area contributed by atoms with Gasteiger partial charge in [0.2, 0.25) is 0 Å². The summed E-state index contributed by atoms with van der Waals surface area (Å²) >= 11 is 0. The highest BCUT2D eigenvalue weighted by Crippen LogP contribution is 2.28. The Labute approximate surface area is 173 Å². The van der Waals surface area contributed by atoms with E-state index in [0.29, 0.717) is 11.1 Å². The fourth-order valence-electron chi connectivity index (χ4n) is 3.01. The van der Waals surface area contributed by atoms with Crippen molar-refractivity contribution in [3.63, 3.8) is 0 Å². The van der Waals surface area contributed by atoms with Gasteiger partial charge in [-0.2, -0.15) is 8.42 Å². The fraction of sp³-hybridized carbons (Fsp3) is 0.0455. The molecule has 0 radical (unpaired) electrons. The Morgan fingerprint density at radius 2 is 1.40 bits per heavy atom. The van der Waals surface area contributed by atoms with Gasteiger partial charge in [-0.15, -0.1) is 0 Å². The second kappa shape index (κ2) is 8.81. The average Bonchev–Trinajstić information content (AvgIpc) is 2.71. The van der Waals surface area contributed by atoms with Crippen LogP contribution in [0.3, 0.4) is 0 Å². The lowest BCUT2D eigenvalue weighted by Crippen LogP contribution is -2.09. The van der Waals surface area contributed by atoms with E-state index in [-0.39, 0.29) is 17.2 Å². The highest BCUT2D eigenvalue weighted by atomic mass is 32.2. The van der Waals surface area contributed by atoms with Crippen molar-refractivity contribution in [3.05, 3.63) is 78.9 Å². The molecule has 0 unspecified atom stereocenters. The summed E-state index contributed by atoms with van der Waals surface area (Å²) in [7, 11) is -4.29. The number of aliphatic carboxylic acids is 1. The van der Waals surface area contributed by atoms with Crippen molar-refractivity contribution >= 4 is 43.3 Å². The van der Waals surface area contributed by atoms with Gasteiger partial charge in [0.25, 0.3) is 10.1 Å². The third-order valence-corrected chi connectivity index (χ3v) is 5.24. The first-order valence-corrected chi connectivity index (χ1v) is 10.3. The van der Waals surface area contributed by atoms with E-state index in [1.807, 2.05) is 36.4 Å². The van der Waals surface area contributed by atoms with E-state index in [1.54, 1.807) is 36.4 Å². The Morgan fingerprint density at radius 1 is 0.833 bits per heavy atom. The Hall–Kier alpha value is -3.62. The summed E-state index contributed by atoms with van der Waals surface area (Å²) in [6.07, 6.45) is 0. The summed E-state index contributed by atoms with van der Waals surface area (Å²) in [5, 5.41) is 11.6. The Balaban J connectivity index is 0.000000171. The van der Waals surface area contributed by atoms with Gasteiger partial charge in [0.05, 0.1) is 5.69 Å². The molecule has 0 spiro atoms. The van der Waals surface area contributed by atoms with Crippen LogP contribution in [0.4, 0.5) is 5.69 Å². The predicted octanol–water partition coefficient (Wildman–Crippen LogP) is 3.97. The Kier molecular flexibility index (Phi) is 6.20. The van der Waals surface area contributed by atoms with Gasteiger partial charge in [0.15, 0.2) is 6.61 Å². The highest BCUT2D eigenvalue weighted by molar-refractivity contribution is 7.86. The predicted molar refractivity (Wildman–Crippen MR) is 115 cm³/mol. The lowest BCUT2D eigenvalue weighted by molar-refractivity contribution is -0.139. The van der Waals surface area contributed by atoms with E-state index in [1.165, 1.54) is 6.07 Å². The topological polar surface area (TPSA) is 127 Å². The van der Waals surface area contributed by atoms with Crippen molar-refractivity contribution in [3.8, 4) is 5.75 Å². The minimum atomic E-state index is -4.29. The Morgan fingerprint density at radius 3 is 2.03 bits per heavy atom. The van der Waals surface area contributed by atoms with Crippen molar-refractivity contribution in [2.45, 2.75) is 4.90 Å². The quantitative estimate of drug-likeness (QED) is 0.333. The molecule has 0 aromatic heterocycles. The van der Waals surface area contributed by atoms with Gasteiger partial charge >= 0.3 is 5.97 Å². The lowest BCUT2D eigenvalue weighted by atomic mass is 10.1. The van der Waals surface area contributed by atoms with Crippen LogP contribution in [-0.2, 0) is 14.9 Å². The fourth-order valence-corrected chi connectivity index (χ4v) is 3.84. The van der Waals surface area contributed by atoms with E-state index < -0.39 is 16.1 Å². The molecule has 0 heterocycles. The molecule has 0 atom stereocenters. The van der Waals surface area contributed by atoms with E-state index >= 15 is 0 Å². The maximum Gasteiger partial charge on any atom is 0.341 e. The molecule has 0 aliphatic carbocycles. The number of ether oxygens (including phenoxy) is 1. The molecule has 0 saturated heterocycles. The minimum absolute atomic E-state index is 0.0520. The molecule has 4 aromatic carbocycles. The van der Waals surface area contributed by atoms with Gasteiger partial charge in [0.1, 0.15) is 10.6 Å². The first kappa shape index (κ1) is 21.1. The van der Waals surface area contributed by atoms with Gasteiger partial charge in [-0.1, -0.05) is 66.7 Å². The summed E-state index contributed by atoms with van der Waals surface area (Å²) in [4.78, 5) is 10.2. The molecule has 4 rings (SSSR count). The normalized spacial score (nSPS) is 11.0. The van der Waals surface area contributed by atoms with Crippen molar-refractivity contribution in [1.82, 2.24) is 0 Å². The summed E-state index contributed by atoms with van der Waals surface area (Å²) in [6, 6.07) is 23.3. The number of benzene rings is 4. The van der Waals surface area contributed by atoms with Crippen molar-refractivity contribution < 1.29 is 27.6 Å². The number of nitrogens with two attached hydrogens (primary N) is 1. The van der Waals surface area contributed by atoms with Crippen LogP contribution >= 0.6 is 0 Å². The molecule has 0 aliphatic rings. The number of carboxylic acids is 1. The van der Waals surface area contributed by atoms with Crippen molar-refractivity contribution in [2.24, 2.45) is 0 Å². The van der Waals surface area contributed by atoms with Gasteiger partial charge in [-0.25, -0.2) is 4.79 Å². The molecular formula is C22H19NO6S. The van der Waals surface area contributed by atoms with Gasteiger partial charge in [-0.05, 0) is 22.9 Å². The van der Waals surface area contributed by atoms with Crippen molar-refractivity contribution in [2.75, 3.05) is 12.3 Å². The zero-order chi connectivity index (χ0) is 21.7. The van der Waals surface area contributed by atoms with E-state index in [4.69, 9.17) is 20.1 Å². The molecule has 154 valence electrons. The van der Waals surface area contributed by atoms with Gasteiger partial charge in [-0.3, -0.25) is 4.55 Å². The molecular weight excluding hydrogens is 406 g/mol. The largest absolute Gasteiger partial charge is 0.481 e. The lowest BCUT2D eigenvalue weighted by Gasteiger charge is -2.06. The first-order chi connectivity index (χ1) is 14.3. The highest BCUT2D eigenvalue weighted by Gasteiger charge is 2.17. The molecule has 0 amide bonds. The smallest absolute Gasteiger partial charge is 0.341 e. The van der Waals surface area contributed by atoms with Gasteiger partial charge in [0, 0.05) is 10.8 Å². The van der Waals surface area contributed by atoms with E-state index in [2.05, 4.69) is 0 Å². The maximum atomic E-state index is 11.1. The second-order valence-corrected chi connectivity index (χ2v) is 7.70. The Bertz CT molecular complexity index is 1310. The number of carbonyl (C=O) groups is 1. The van der Waals surface area contributed by atoms with Crippen LogP contribution in [0.1, 0.15) is 0 Å². The number of nitrogen functional groups attached to an aromatic ring is 1. The minimum Gasteiger partial charge on any atom is -0.481 e.